The minimum atomic E-state index is -0.359. The molecule has 1 aliphatic heterocycles. The summed E-state index contributed by atoms with van der Waals surface area (Å²) >= 11 is 0. The molecule has 0 radical (unpaired) electrons. The zero-order chi connectivity index (χ0) is 26.6. The van der Waals surface area contributed by atoms with Crippen molar-refractivity contribution in [3.63, 3.8) is 0 Å². The molecule has 2 amide bonds. The van der Waals surface area contributed by atoms with Crippen LogP contribution in [0, 0.1) is 0 Å². The SMILES string of the molecule is O=C1CCc2cc(Nc3ncc(C4CC4)c(NC4CCC(NC(=O)OCc5ccccc5)CC4)n3)ccc2N1. The normalized spacial score (nSPS) is 20.4. The highest BCUT2D eigenvalue weighted by Gasteiger charge is 2.30. The summed E-state index contributed by atoms with van der Waals surface area (Å²) < 4.78 is 5.39. The summed E-state index contributed by atoms with van der Waals surface area (Å²) in [6, 6.07) is 16.0. The molecule has 2 aromatic carbocycles. The van der Waals surface area contributed by atoms with Gasteiger partial charge in [0.25, 0.3) is 0 Å². The number of nitrogens with one attached hydrogen (secondary N) is 4. The Morgan fingerprint density at radius 1 is 0.974 bits per heavy atom. The number of aromatic nitrogens is 2. The Bertz CT molecular complexity index is 1340. The third-order valence-corrected chi connectivity index (χ3v) is 7.69. The smallest absolute Gasteiger partial charge is 0.407 e. The Balaban J connectivity index is 1.04. The molecule has 2 fully saturated rings. The van der Waals surface area contributed by atoms with Crippen LogP contribution in [0.15, 0.2) is 54.7 Å². The standard InChI is InChI=1S/C30H34N6O3/c37-27-15-8-21-16-24(13-14-26(21)35-27)33-29-31-17-25(20-6-7-20)28(36-29)32-22-9-11-23(12-10-22)34-30(38)39-18-19-4-2-1-3-5-19/h1-5,13-14,16-17,20,22-23H,6-12,15,18H2,(H,34,38)(H,35,37)(H2,31,32,33,36). The highest BCUT2D eigenvalue weighted by molar-refractivity contribution is 5.94. The number of rotatable bonds is 8. The lowest BCUT2D eigenvalue weighted by molar-refractivity contribution is -0.116. The lowest BCUT2D eigenvalue weighted by Crippen LogP contribution is -2.40. The van der Waals surface area contributed by atoms with E-state index in [0.29, 0.717) is 18.3 Å². The highest BCUT2D eigenvalue weighted by Crippen LogP contribution is 2.43. The Kier molecular flexibility index (Phi) is 7.29. The molecule has 6 rings (SSSR count). The third kappa shape index (κ3) is 6.47. The molecule has 202 valence electrons. The molecule has 4 N–H and O–H groups in total. The third-order valence-electron chi connectivity index (χ3n) is 7.69. The molecule has 2 aliphatic carbocycles. The minimum absolute atomic E-state index is 0.0609. The maximum Gasteiger partial charge on any atom is 0.407 e. The van der Waals surface area contributed by atoms with Crippen LogP contribution in [0.5, 0.6) is 0 Å². The molecule has 2 heterocycles. The van der Waals surface area contributed by atoms with Crippen LogP contribution in [-0.2, 0) is 22.6 Å². The first kappa shape index (κ1) is 25.2. The van der Waals surface area contributed by atoms with Gasteiger partial charge in [0.15, 0.2) is 0 Å². The fraction of sp³-hybridized carbons (Fsp3) is 0.400. The van der Waals surface area contributed by atoms with Crippen molar-refractivity contribution in [3.8, 4) is 0 Å². The molecule has 0 unspecified atom stereocenters. The molecule has 39 heavy (non-hydrogen) atoms. The molecule has 1 aromatic heterocycles. The summed E-state index contributed by atoms with van der Waals surface area (Å²) in [6.45, 7) is 0.277. The van der Waals surface area contributed by atoms with Gasteiger partial charge in [-0.25, -0.2) is 9.78 Å². The number of fused-ring (bicyclic) bond motifs is 1. The molecule has 0 saturated heterocycles. The van der Waals surface area contributed by atoms with Gasteiger partial charge < -0.3 is 26.0 Å². The quantitative estimate of drug-likeness (QED) is 0.300. The molecule has 0 atom stereocenters. The van der Waals surface area contributed by atoms with Crippen LogP contribution in [0.2, 0.25) is 0 Å². The van der Waals surface area contributed by atoms with Crippen molar-refractivity contribution in [2.75, 3.05) is 16.0 Å². The van der Waals surface area contributed by atoms with E-state index in [2.05, 4.69) is 32.3 Å². The first-order chi connectivity index (χ1) is 19.1. The summed E-state index contributed by atoms with van der Waals surface area (Å²) in [5, 5.41) is 13.0. The number of amides is 2. The van der Waals surface area contributed by atoms with Gasteiger partial charge in [-0.1, -0.05) is 30.3 Å². The van der Waals surface area contributed by atoms with E-state index in [4.69, 9.17) is 9.72 Å². The van der Waals surface area contributed by atoms with Gasteiger partial charge in [0.05, 0.1) is 0 Å². The number of carbonyl (C=O) groups excluding carboxylic acids is 2. The van der Waals surface area contributed by atoms with E-state index in [0.717, 1.165) is 60.4 Å². The summed E-state index contributed by atoms with van der Waals surface area (Å²) in [7, 11) is 0. The number of carbonyl (C=O) groups is 2. The van der Waals surface area contributed by atoms with Crippen molar-refractivity contribution >= 4 is 35.1 Å². The maximum atomic E-state index is 12.3. The zero-order valence-electron chi connectivity index (χ0n) is 21.9. The summed E-state index contributed by atoms with van der Waals surface area (Å²) in [6.07, 6.45) is 8.82. The van der Waals surface area contributed by atoms with E-state index < -0.39 is 0 Å². The van der Waals surface area contributed by atoms with Crippen molar-refractivity contribution in [2.24, 2.45) is 0 Å². The van der Waals surface area contributed by atoms with Crippen molar-refractivity contribution < 1.29 is 14.3 Å². The fourth-order valence-corrected chi connectivity index (χ4v) is 5.36. The highest BCUT2D eigenvalue weighted by atomic mass is 16.5. The summed E-state index contributed by atoms with van der Waals surface area (Å²) in [4.78, 5) is 33.4. The second-order valence-electron chi connectivity index (χ2n) is 10.7. The van der Waals surface area contributed by atoms with E-state index >= 15 is 0 Å². The molecule has 3 aliphatic rings. The maximum absolute atomic E-state index is 12.3. The Labute approximate surface area is 228 Å². The molecule has 9 heteroatoms. The van der Waals surface area contributed by atoms with Gasteiger partial charge in [-0.05, 0) is 80.2 Å². The molecule has 0 bridgehead atoms. The molecule has 0 spiro atoms. The second kappa shape index (κ2) is 11.3. The van der Waals surface area contributed by atoms with Gasteiger partial charge >= 0.3 is 6.09 Å². The summed E-state index contributed by atoms with van der Waals surface area (Å²) in [5.74, 6) is 2.04. The van der Waals surface area contributed by atoms with E-state index in [1.165, 1.54) is 18.4 Å². The van der Waals surface area contributed by atoms with E-state index in [9.17, 15) is 9.59 Å². The lowest BCUT2D eigenvalue weighted by Gasteiger charge is -2.30. The molecular weight excluding hydrogens is 492 g/mol. The van der Waals surface area contributed by atoms with Crippen LogP contribution in [0.1, 0.15) is 67.6 Å². The molecular formula is C30H34N6O3. The number of benzene rings is 2. The van der Waals surface area contributed by atoms with Gasteiger partial charge in [0, 0.05) is 41.6 Å². The molecule has 3 aromatic rings. The lowest BCUT2D eigenvalue weighted by atomic mass is 9.91. The van der Waals surface area contributed by atoms with Crippen LogP contribution in [0.25, 0.3) is 0 Å². The summed E-state index contributed by atoms with van der Waals surface area (Å²) in [5.41, 5.74) is 5.05. The predicted molar refractivity (Wildman–Crippen MR) is 150 cm³/mol. The monoisotopic (exact) mass is 526 g/mol. The average molecular weight is 527 g/mol. The number of aryl methyl sites for hydroxylation is 1. The second-order valence-corrected chi connectivity index (χ2v) is 10.7. The zero-order valence-corrected chi connectivity index (χ0v) is 21.9. The van der Waals surface area contributed by atoms with Crippen LogP contribution in [0.3, 0.4) is 0 Å². The Morgan fingerprint density at radius 3 is 2.56 bits per heavy atom. The van der Waals surface area contributed by atoms with Crippen molar-refractivity contribution in [1.29, 1.82) is 0 Å². The van der Waals surface area contributed by atoms with Crippen LogP contribution in [0.4, 0.5) is 27.9 Å². The fourth-order valence-electron chi connectivity index (χ4n) is 5.36. The minimum Gasteiger partial charge on any atom is -0.445 e. The topological polar surface area (TPSA) is 117 Å². The van der Waals surface area contributed by atoms with Crippen molar-refractivity contribution in [3.05, 3.63) is 71.4 Å². The average Bonchev–Trinajstić information content (AvgIpc) is 3.79. The van der Waals surface area contributed by atoms with Crippen molar-refractivity contribution in [1.82, 2.24) is 15.3 Å². The largest absolute Gasteiger partial charge is 0.445 e. The van der Waals surface area contributed by atoms with Gasteiger partial charge in [0.2, 0.25) is 11.9 Å². The number of nitrogens with zero attached hydrogens (tertiary/aromatic N) is 2. The van der Waals surface area contributed by atoms with Crippen LogP contribution >= 0.6 is 0 Å². The number of anilines is 4. The van der Waals surface area contributed by atoms with Gasteiger partial charge in [-0.15, -0.1) is 0 Å². The van der Waals surface area contributed by atoms with Crippen LogP contribution in [-0.4, -0.2) is 34.1 Å². The van der Waals surface area contributed by atoms with Gasteiger partial charge in [-0.3, -0.25) is 4.79 Å². The van der Waals surface area contributed by atoms with Crippen molar-refractivity contribution in [2.45, 2.75) is 76.0 Å². The number of alkyl carbamates (subject to hydrolysis) is 1. The Hall–Kier alpha value is -4.14. The first-order valence-corrected chi connectivity index (χ1v) is 13.9. The first-order valence-electron chi connectivity index (χ1n) is 13.9. The predicted octanol–water partition coefficient (Wildman–Crippen LogP) is 5.63. The molecule has 2 saturated carbocycles. The van der Waals surface area contributed by atoms with E-state index in [1.54, 1.807) is 0 Å². The van der Waals surface area contributed by atoms with E-state index in [1.807, 2.05) is 48.7 Å². The number of hydrogen-bond donors (Lipinski definition) is 4. The number of ether oxygens (including phenoxy) is 1. The van der Waals surface area contributed by atoms with Crippen LogP contribution < -0.4 is 21.3 Å². The van der Waals surface area contributed by atoms with Gasteiger partial charge in [-0.2, -0.15) is 4.98 Å². The Morgan fingerprint density at radius 2 is 1.77 bits per heavy atom. The molecule has 9 nitrogen and oxygen atoms in total. The number of hydrogen-bond acceptors (Lipinski definition) is 7. The van der Waals surface area contributed by atoms with E-state index in [-0.39, 0.29) is 30.7 Å². The van der Waals surface area contributed by atoms with Gasteiger partial charge in [0.1, 0.15) is 12.4 Å².